The fraction of sp³-hybridized carbons (Fsp3) is 0.391. The first-order chi connectivity index (χ1) is 14.8. The first-order valence-electron chi connectivity index (χ1n) is 10.2. The summed E-state index contributed by atoms with van der Waals surface area (Å²) in [6, 6.07) is 13.3. The normalized spacial score (nSPS) is 12.5. The molecule has 3 rings (SSSR count). The number of aryl methyl sites for hydroxylation is 2. The first-order valence-corrected chi connectivity index (χ1v) is 12.8. The van der Waals surface area contributed by atoms with Gasteiger partial charge in [-0.25, -0.2) is 8.42 Å². The van der Waals surface area contributed by atoms with Crippen LogP contribution in [0.3, 0.4) is 0 Å². The molecule has 0 N–H and O–H groups in total. The van der Waals surface area contributed by atoms with Crippen molar-refractivity contribution in [1.29, 1.82) is 0 Å². The number of thiazole rings is 1. The zero-order valence-electron chi connectivity index (χ0n) is 18.1. The van der Waals surface area contributed by atoms with Gasteiger partial charge < -0.3 is 9.30 Å². The topological polar surface area (TPSA) is 77.7 Å². The maximum absolute atomic E-state index is 12.5. The molecule has 8 heteroatoms. The molecule has 0 atom stereocenters. The third-order valence-corrected chi connectivity index (χ3v) is 7.84. The Kier molecular flexibility index (Phi) is 7.80. The van der Waals surface area contributed by atoms with E-state index in [4.69, 9.17) is 4.74 Å². The van der Waals surface area contributed by atoms with Crippen LogP contribution in [-0.2, 0) is 31.7 Å². The highest BCUT2D eigenvalue weighted by atomic mass is 32.2. The molecule has 0 fully saturated rings. The molecule has 0 spiro atoms. The Bertz CT molecular complexity index is 1230. The summed E-state index contributed by atoms with van der Waals surface area (Å²) in [6.07, 6.45) is 0.364. The molecule has 166 valence electrons. The third kappa shape index (κ3) is 6.35. The summed E-state index contributed by atoms with van der Waals surface area (Å²) in [5.41, 5.74) is 4.16. The van der Waals surface area contributed by atoms with Gasteiger partial charge in [0.1, 0.15) is 0 Å². The number of aromatic nitrogens is 1. The van der Waals surface area contributed by atoms with Crippen molar-refractivity contribution < 1.29 is 17.9 Å². The molecular weight excluding hydrogens is 432 g/mol. The van der Waals surface area contributed by atoms with Gasteiger partial charge in [-0.05, 0) is 49.1 Å². The van der Waals surface area contributed by atoms with Crippen LogP contribution in [0.1, 0.15) is 29.5 Å². The monoisotopic (exact) mass is 460 g/mol. The number of rotatable bonds is 9. The van der Waals surface area contributed by atoms with Crippen molar-refractivity contribution in [1.82, 2.24) is 4.57 Å². The highest BCUT2D eigenvalue weighted by Gasteiger charge is 2.14. The lowest BCUT2D eigenvalue weighted by molar-refractivity contribution is -0.118. The Morgan fingerprint density at radius 3 is 2.55 bits per heavy atom. The predicted octanol–water partition coefficient (Wildman–Crippen LogP) is 3.79. The van der Waals surface area contributed by atoms with Gasteiger partial charge in [-0.15, -0.1) is 0 Å². The van der Waals surface area contributed by atoms with E-state index in [1.807, 2.05) is 22.8 Å². The van der Waals surface area contributed by atoms with E-state index in [0.29, 0.717) is 18.0 Å². The second-order valence-electron chi connectivity index (χ2n) is 7.62. The fourth-order valence-corrected chi connectivity index (χ4v) is 5.89. The van der Waals surface area contributed by atoms with Gasteiger partial charge in [-0.3, -0.25) is 4.79 Å². The van der Waals surface area contributed by atoms with E-state index in [1.165, 1.54) is 22.5 Å². The average molecular weight is 461 g/mol. The number of carbonyl (C=O) groups excluding carboxylic acids is 1. The molecule has 0 aliphatic carbocycles. The van der Waals surface area contributed by atoms with Crippen molar-refractivity contribution in [3.63, 3.8) is 0 Å². The van der Waals surface area contributed by atoms with Crippen LogP contribution in [0.5, 0.6) is 0 Å². The first kappa shape index (κ1) is 23.4. The lowest BCUT2D eigenvalue weighted by Gasteiger charge is -2.06. The minimum absolute atomic E-state index is 0.00872. The molecule has 0 aliphatic heterocycles. The standard InChI is InChI=1S/C23H28N2O4S2/c1-17-14-20-21(15-18(17)2)30-23(25(20)11-12-29-3)24-22(26)10-7-13-31(27,28)16-19-8-5-4-6-9-19/h4-6,8-9,14-15H,7,10-13,16H2,1-3H3. The lowest BCUT2D eigenvalue weighted by Crippen LogP contribution is -2.19. The Balaban J connectivity index is 1.72. The number of fused-ring (bicyclic) bond motifs is 1. The van der Waals surface area contributed by atoms with Crippen LogP contribution in [0.25, 0.3) is 10.2 Å². The number of amides is 1. The largest absolute Gasteiger partial charge is 0.383 e. The zero-order valence-corrected chi connectivity index (χ0v) is 19.8. The van der Waals surface area contributed by atoms with Crippen molar-refractivity contribution in [3.8, 4) is 0 Å². The number of hydrogen-bond acceptors (Lipinski definition) is 5. The molecule has 31 heavy (non-hydrogen) atoms. The van der Waals surface area contributed by atoms with Gasteiger partial charge in [0, 0.05) is 20.1 Å². The summed E-state index contributed by atoms with van der Waals surface area (Å²) in [6.45, 7) is 5.23. The van der Waals surface area contributed by atoms with Crippen molar-refractivity contribution >= 4 is 37.3 Å². The van der Waals surface area contributed by atoms with E-state index < -0.39 is 9.84 Å². The lowest BCUT2D eigenvalue weighted by atomic mass is 10.1. The molecule has 0 bridgehead atoms. The van der Waals surface area contributed by atoms with Gasteiger partial charge in [0.15, 0.2) is 14.6 Å². The molecule has 2 aromatic carbocycles. The predicted molar refractivity (Wildman–Crippen MR) is 125 cm³/mol. The van der Waals surface area contributed by atoms with Crippen LogP contribution in [-0.4, -0.2) is 38.4 Å². The minimum Gasteiger partial charge on any atom is -0.383 e. The smallest absolute Gasteiger partial charge is 0.248 e. The van der Waals surface area contributed by atoms with E-state index >= 15 is 0 Å². The van der Waals surface area contributed by atoms with Crippen molar-refractivity contribution in [2.75, 3.05) is 19.5 Å². The molecule has 1 amide bonds. The number of nitrogens with zero attached hydrogens (tertiary/aromatic N) is 2. The number of sulfone groups is 1. The Labute approximate surface area is 187 Å². The molecule has 3 aromatic rings. The van der Waals surface area contributed by atoms with Crippen molar-refractivity contribution in [3.05, 3.63) is 64.0 Å². The maximum Gasteiger partial charge on any atom is 0.248 e. The quantitative estimate of drug-likeness (QED) is 0.487. The minimum atomic E-state index is -3.27. The van der Waals surface area contributed by atoms with Gasteiger partial charge in [-0.1, -0.05) is 41.7 Å². The van der Waals surface area contributed by atoms with Gasteiger partial charge in [0.2, 0.25) is 5.91 Å². The van der Waals surface area contributed by atoms with E-state index in [2.05, 4.69) is 31.0 Å². The molecule has 1 heterocycles. The van der Waals surface area contributed by atoms with Gasteiger partial charge in [-0.2, -0.15) is 4.99 Å². The molecule has 0 radical (unpaired) electrons. The maximum atomic E-state index is 12.5. The van der Waals surface area contributed by atoms with E-state index in [0.717, 1.165) is 15.8 Å². The molecule has 6 nitrogen and oxygen atoms in total. The number of benzene rings is 2. The van der Waals surface area contributed by atoms with Crippen LogP contribution in [0, 0.1) is 13.8 Å². The molecule has 0 saturated heterocycles. The molecule has 0 unspecified atom stereocenters. The van der Waals surface area contributed by atoms with Gasteiger partial charge in [0.05, 0.1) is 28.3 Å². The Hall–Kier alpha value is -2.29. The molecular formula is C23H28N2O4S2. The van der Waals surface area contributed by atoms with Crippen LogP contribution < -0.4 is 4.80 Å². The van der Waals surface area contributed by atoms with Crippen LogP contribution in [0.2, 0.25) is 0 Å². The number of ether oxygens (including phenoxy) is 1. The van der Waals surface area contributed by atoms with Crippen LogP contribution in [0.15, 0.2) is 47.5 Å². The Morgan fingerprint density at radius 1 is 1.13 bits per heavy atom. The van der Waals surface area contributed by atoms with E-state index in [-0.39, 0.29) is 30.3 Å². The second kappa shape index (κ2) is 10.3. The summed E-state index contributed by atoms with van der Waals surface area (Å²) in [5.74, 6) is -0.343. The molecule has 0 saturated carbocycles. The summed E-state index contributed by atoms with van der Waals surface area (Å²) in [5, 5.41) is 0. The third-order valence-electron chi connectivity index (χ3n) is 5.11. The Morgan fingerprint density at radius 2 is 1.84 bits per heavy atom. The van der Waals surface area contributed by atoms with E-state index in [9.17, 15) is 13.2 Å². The summed E-state index contributed by atoms with van der Waals surface area (Å²) >= 11 is 1.47. The van der Waals surface area contributed by atoms with Crippen LogP contribution >= 0.6 is 11.3 Å². The average Bonchev–Trinajstić information content (AvgIpc) is 3.02. The van der Waals surface area contributed by atoms with Crippen molar-refractivity contribution in [2.45, 2.75) is 39.0 Å². The van der Waals surface area contributed by atoms with Gasteiger partial charge >= 0.3 is 0 Å². The number of carbonyl (C=O) groups is 1. The summed E-state index contributed by atoms with van der Waals surface area (Å²) in [7, 11) is -1.63. The fourth-order valence-electron chi connectivity index (χ4n) is 3.31. The second-order valence-corrected chi connectivity index (χ2v) is 10.8. The van der Waals surface area contributed by atoms with Crippen LogP contribution in [0.4, 0.5) is 0 Å². The van der Waals surface area contributed by atoms with Gasteiger partial charge in [0.25, 0.3) is 0 Å². The number of hydrogen-bond donors (Lipinski definition) is 0. The highest BCUT2D eigenvalue weighted by Crippen LogP contribution is 2.22. The highest BCUT2D eigenvalue weighted by molar-refractivity contribution is 7.90. The SMILES string of the molecule is COCCn1c(=NC(=O)CCCS(=O)(=O)Cc2ccccc2)sc2cc(C)c(C)cc21. The zero-order chi connectivity index (χ0) is 22.4. The van der Waals surface area contributed by atoms with E-state index in [1.54, 1.807) is 19.2 Å². The summed E-state index contributed by atoms with van der Waals surface area (Å²) in [4.78, 5) is 17.4. The number of methoxy groups -OCH3 is 1. The summed E-state index contributed by atoms with van der Waals surface area (Å²) < 4.78 is 33.0. The molecule has 1 aromatic heterocycles. The van der Waals surface area contributed by atoms with Crippen molar-refractivity contribution in [2.24, 2.45) is 4.99 Å². The molecule has 0 aliphatic rings.